The number of benzene rings is 1. The summed E-state index contributed by atoms with van der Waals surface area (Å²) in [7, 11) is 0. The molecule has 0 unspecified atom stereocenters. The van der Waals surface area contributed by atoms with E-state index in [1.165, 1.54) is 11.3 Å². The van der Waals surface area contributed by atoms with E-state index in [1.807, 2.05) is 45.3 Å². The summed E-state index contributed by atoms with van der Waals surface area (Å²) in [6.07, 6.45) is 5.70. The van der Waals surface area contributed by atoms with Gasteiger partial charge in [-0.3, -0.25) is 18.9 Å². The topological polar surface area (TPSA) is 75.7 Å². The van der Waals surface area contributed by atoms with Crippen molar-refractivity contribution >= 4 is 22.2 Å². The number of rotatable bonds is 5. The lowest BCUT2D eigenvalue weighted by Gasteiger charge is -2.34. The van der Waals surface area contributed by atoms with Crippen LogP contribution in [0.5, 0.6) is 0 Å². The normalized spacial score (nSPS) is 17.0. The SMILES string of the molecule is O=C(c1cnn(-c2ccccc2)c1C1CC1)N1CCN(Cc2cc(=O)n3ccsc3n2)CC1. The minimum Gasteiger partial charge on any atom is -0.336 e. The van der Waals surface area contributed by atoms with Crippen LogP contribution in [0, 0.1) is 0 Å². The third kappa shape index (κ3) is 3.87. The molecule has 1 aromatic carbocycles. The summed E-state index contributed by atoms with van der Waals surface area (Å²) in [6, 6.07) is 11.6. The number of hydrogen-bond donors (Lipinski definition) is 0. The molecule has 1 aliphatic heterocycles. The highest BCUT2D eigenvalue weighted by molar-refractivity contribution is 7.15. The van der Waals surface area contributed by atoms with Gasteiger partial charge in [0, 0.05) is 56.3 Å². The molecule has 0 radical (unpaired) electrons. The van der Waals surface area contributed by atoms with Crippen LogP contribution in [0.1, 0.15) is 40.5 Å². The van der Waals surface area contributed by atoms with Crippen LogP contribution in [0.15, 0.2) is 59.0 Å². The molecular weight excluding hydrogens is 436 g/mol. The lowest BCUT2D eigenvalue weighted by atomic mass is 10.1. The molecule has 3 aromatic heterocycles. The van der Waals surface area contributed by atoms with Crippen molar-refractivity contribution in [1.82, 2.24) is 29.0 Å². The van der Waals surface area contributed by atoms with E-state index in [0.717, 1.165) is 48.6 Å². The predicted molar refractivity (Wildman–Crippen MR) is 126 cm³/mol. The molecule has 6 rings (SSSR count). The van der Waals surface area contributed by atoms with Gasteiger partial charge < -0.3 is 4.90 Å². The van der Waals surface area contributed by atoms with E-state index in [9.17, 15) is 9.59 Å². The smallest absolute Gasteiger partial charge is 0.258 e. The molecule has 8 nitrogen and oxygen atoms in total. The van der Waals surface area contributed by atoms with Crippen molar-refractivity contribution in [2.24, 2.45) is 0 Å². The molecule has 4 aromatic rings. The van der Waals surface area contributed by atoms with Gasteiger partial charge in [0.15, 0.2) is 4.96 Å². The van der Waals surface area contributed by atoms with Crippen LogP contribution in [0.4, 0.5) is 0 Å². The third-order valence-electron chi connectivity index (χ3n) is 6.40. The fraction of sp³-hybridized carbons (Fsp3) is 0.333. The van der Waals surface area contributed by atoms with Crippen LogP contribution < -0.4 is 5.56 Å². The van der Waals surface area contributed by atoms with E-state index >= 15 is 0 Å². The number of para-hydroxylation sites is 1. The van der Waals surface area contributed by atoms with Crippen molar-refractivity contribution in [3.8, 4) is 5.69 Å². The van der Waals surface area contributed by atoms with Gasteiger partial charge in [0.2, 0.25) is 0 Å². The first-order chi connectivity index (χ1) is 16.2. The summed E-state index contributed by atoms with van der Waals surface area (Å²) in [5, 5.41) is 6.45. The molecule has 2 aliphatic rings. The van der Waals surface area contributed by atoms with E-state index in [0.29, 0.717) is 30.5 Å². The number of amides is 1. The van der Waals surface area contributed by atoms with Gasteiger partial charge in [-0.15, -0.1) is 11.3 Å². The quantitative estimate of drug-likeness (QED) is 0.458. The average Bonchev–Trinajstić information content (AvgIpc) is 3.39. The van der Waals surface area contributed by atoms with E-state index in [1.54, 1.807) is 22.9 Å². The van der Waals surface area contributed by atoms with E-state index in [-0.39, 0.29) is 11.5 Å². The van der Waals surface area contributed by atoms with Crippen molar-refractivity contribution in [2.45, 2.75) is 25.3 Å². The monoisotopic (exact) mass is 460 g/mol. The van der Waals surface area contributed by atoms with Crippen molar-refractivity contribution in [3.05, 3.63) is 81.5 Å². The maximum atomic E-state index is 13.4. The Bertz CT molecular complexity index is 1360. The number of carbonyl (C=O) groups is 1. The standard InChI is InChI=1S/C24H24N6O2S/c31-21-14-18(26-24-29(21)12-13-33-24)16-27-8-10-28(11-9-27)23(32)20-15-25-30(22(20)17-6-7-17)19-4-2-1-3-5-19/h1-5,12-15,17H,6-11,16H2. The molecule has 0 N–H and O–H groups in total. The molecule has 1 saturated carbocycles. The zero-order chi connectivity index (χ0) is 22.4. The third-order valence-corrected chi connectivity index (χ3v) is 7.16. The Morgan fingerprint density at radius 3 is 2.64 bits per heavy atom. The summed E-state index contributed by atoms with van der Waals surface area (Å²) < 4.78 is 3.50. The number of nitrogens with zero attached hydrogens (tertiary/aromatic N) is 6. The van der Waals surface area contributed by atoms with Gasteiger partial charge in [-0.1, -0.05) is 18.2 Å². The van der Waals surface area contributed by atoms with Gasteiger partial charge in [0.25, 0.3) is 11.5 Å². The van der Waals surface area contributed by atoms with Crippen LogP contribution in [0.25, 0.3) is 10.6 Å². The number of aromatic nitrogens is 4. The second-order valence-corrected chi connectivity index (χ2v) is 9.55. The number of hydrogen-bond acceptors (Lipinski definition) is 6. The minimum atomic E-state index is -0.0481. The molecule has 1 amide bonds. The molecule has 2 fully saturated rings. The van der Waals surface area contributed by atoms with Gasteiger partial charge in [-0.2, -0.15) is 5.10 Å². The van der Waals surface area contributed by atoms with Gasteiger partial charge in [0.05, 0.1) is 28.8 Å². The second kappa shape index (κ2) is 8.24. The van der Waals surface area contributed by atoms with E-state index in [2.05, 4.69) is 15.0 Å². The Hall–Kier alpha value is -3.30. The van der Waals surface area contributed by atoms with Crippen LogP contribution in [-0.4, -0.2) is 61.1 Å². The van der Waals surface area contributed by atoms with Crippen LogP contribution in [-0.2, 0) is 6.54 Å². The molecule has 33 heavy (non-hydrogen) atoms. The highest BCUT2D eigenvalue weighted by Crippen LogP contribution is 2.42. The second-order valence-electron chi connectivity index (χ2n) is 8.67. The first-order valence-corrected chi connectivity index (χ1v) is 12.2. The molecular formula is C24H24N6O2S. The average molecular weight is 461 g/mol. The summed E-state index contributed by atoms with van der Waals surface area (Å²) >= 11 is 1.46. The summed E-state index contributed by atoms with van der Waals surface area (Å²) in [6.45, 7) is 3.43. The highest BCUT2D eigenvalue weighted by Gasteiger charge is 2.35. The van der Waals surface area contributed by atoms with Crippen LogP contribution >= 0.6 is 11.3 Å². The van der Waals surface area contributed by atoms with Crippen LogP contribution in [0.2, 0.25) is 0 Å². The van der Waals surface area contributed by atoms with Crippen molar-refractivity contribution < 1.29 is 4.79 Å². The number of carbonyl (C=O) groups excluding carboxylic acids is 1. The zero-order valence-corrected chi connectivity index (χ0v) is 18.9. The molecule has 0 atom stereocenters. The van der Waals surface area contributed by atoms with Gasteiger partial charge in [0.1, 0.15) is 0 Å². The van der Waals surface area contributed by atoms with Crippen molar-refractivity contribution in [1.29, 1.82) is 0 Å². The molecule has 1 saturated heterocycles. The first kappa shape index (κ1) is 20.3. The van der Waals surface area contributed by atoms with Gasteiger partial charge >= 0.3 is 0 Å². The fourth-order valence-corrected chi connectivity index (χ4v) is 5.26. The Kier molecular flexibility index (Phi) is 5.07. The number of fused-ring (bicyclic) bond motifs is 1. The zero-order valence-electron chi connectivity index (χ0n) is 18.1. The number of piperazine rings is 1. The molecule has 1 aliphatic carbocycles. The van der Waals surface area contributed by atoms with Crippen LogP contribution in [0.3, 0.4) is 0 Å². The Balaban J connectivity index is 1.16. The van der Waals surface area contributed by atoms with Crippen molar-refractivity contribution in [3.63, 3.8) is 0 Å². The first-order valence-electron chi connectivity index (χ1n) is 11.3. The summed E-state index contributed by atoms with van der Waals surface area (Å²) in [4.78, 5) is 35.2. The van der Waals surface area contributed by atoms with E-state index in [4.69, 9.17) is 0 Å². The Labute approximate surface area is 194 Å². The molecule has 0 bridgehead atoms. The lowest BCUT2D eigenvalue weighted by Crippen LogP contribution is -2.48. The minimum absolute atomic E-state index is 0.0481. The predicted octanol–water partition coefficient (Wildman–Crippen LogP) is 2.78. The molecule has 4 heterocycles. The molecule has 0 spiro atoms. The lowest BCUT2D eigenvalue weighted by molar-refractivity contribution is 0.0626. The maximum Gasteiger partial charge on any atom is 0.258 e. The van der Waals surface area contributed by atoms with Crippen molar-refractivity contribution in [2.75, 3.05) is 26.2 Å². The highest BCUT2D eigenvalue weighted by atomic mass is 32.1. The Morgan fingerprint density at radius 1 is 1.09 bits per heavy atom. The molecule has 9 heteroatoms. The maximum absolute atomic E-state index is 13.4. The summed E-state index contributed by atoms with van der Waals surface area (Å²) in [5.41, 5.74) is 3.50. The number of thiazole rings is 1. The van der Waals surface area contributed by atoms with Gasteiger partial charge in [-0.05, 0) is 25.0 Å². The molecule has 168 valence electrons. The van der Waals surface area contributed by atoms with Gasteiger partial charge in [-0.25, -0.2) is 9.67 Å². The largest absolute Gasteiger partial charge is 0.336 e. The Morgan fingerprint density at radius 2 is 1.88 bits per heavy atom. The fourth-order valence-electron chi connectivity index (χ4n) is 4.52. The van der Waals surface area contributed by atoms with E-state index < -0.39 is 0 Å². The summed E-state index contributed by atoms with van der Waals surface area (Å²) in [5.74, 6) is 0.473.